The Labute approximate surface area is 107 Å². The Bertz CT molecular complexity index is 357. The Morgan fingerprint density at radius 3 is 2.88 bits per heavy atom. The Morgan fingerprint density at radius 1 is 1.35 bits per heavy atom. The lowest BCUT2D eigenvalue weighted by atomic mass is 10.3. The summed E-state index contributed by atoms with van der Waals surface area (Å²) >= 11 is 5.81. The Morgan fingerprint density at radius 2 is 2.18 bits per heavy atom. The first kappa shape index (κ1) is 13.8. The van der Waals surface area contributed by atoms with Crippen molar-refractivity contribution in [3.8, 4) is 0 Å². The second-order valence-electron chi connectivity index (χ2n) is 3.60. The van der Waals surface area contributed by atoms with E-state index in [9.17, 15) is 4.79 Å². The van der Waals surface area contributed by atoms with Crippen LogP contribution in [0.3, 0.4) is 0 Å². The predicted octanol–water partition coefficient (Wildman–Crippen LogP) is 2.46. The third-order valence-electron chi connectivity index (χ3n) is 2.15. The van der Waals surface area contributed by atoms with Gasteiger partial charge in [0.2, 0.25) is 0 Å². The molecule has 0 aliphatic heterocycles. The summed E-state index contributed by atoms with van der Waals surface area (Å²) in [5.74, 6) is 0. The first-order valence-corrected chi connectivity index (χ1v) is 6.11. The number of carbonyl (C=O) groups is 1. The van der Waals surface area contributed by atoms with Crippen LogP contribution in [0.15, 0.2) is 24.3 Å². The quantitative estimate of drug-likeness (QED) is 0.684. The molecular weight excluding hydrogens is 238 g/mol. The SMILES string of the molecule is CCNCCCNC(=O)Nc1cccc(Cl)c1. The van der Waals surface area contributed by atoms with Crippen LogP contribution in [0.5, 0.6) is 0 Å². The molecule has 0 saturated carbocycles. The highest BCUT2D eigenvalue weighted by atomic mass is 35.5. The minimum absolute atomic E-state index is 0.205. The predicted molar refractivity (Wildman–Crippen MR) is 71.6 cm³/mol. The van der Waals surface area contributed by atoms with E-state index in [0.717, 1.165) is 19.5 Å². The fourth-order valence-electron chi connectivity index (χ4n) is 1.33. The van der Waals surface area contributed by atoms with Crippen LogP contribution in [0.2, 0.25) is 5.02 Å². The lowest BCUT2D eigenvalue weighted by Crippen LogP contribution is -2.31. The molecule has 5 heteroatoms. The first-order valence-electron chi connectivity index (χ1n) is 5.73. The molecule has 1 aromatic carbocycles. The van der Waals surface area contributed by atoms with E-state index in [1.807, 2.05) is 0 Å². The van der Waals surface area contributed by atoms with E-state index >= 15 is 0 Å². The molecule has 0 spiro atoms. The van der Waals surface area contributed by atoms with Gasteiger partial charge in [-0.05, 0) is 37.7 Å². The monoisotopic (exact) mass is 255 g/mol. The van der Waals surface area contributed by atoms with Crippen molar-refractivity contribution in [2.75, 3.05) is 25.0 Å². The molecule has 94 valence electrons. The molecule has 0 atom stereocenters. The number of hydrogen-bond acceptors (Lipinski definition) is 2. The van der Waals surface area contributed by atoms with Gasteiger partial charge in [0.15, 0.2) is 0 Å². The van der Waals surface area contributed by atoms with Gasteiger partial charge in [0.1, 0.15) is 0 Å². The summed E-state index contributed by atoms with van der Waals surface area (Å²) in [6.07, 6.45) is 0.913. The fourth-order valence-corrected chi connectivity index (χ4v) is 1.52. The fraction of sp³-hybridized carbons (Fsp3) is 0.417. The summed E-state index contributed by atoms with van der Waals surface area (Å²) in [7, 11) is 0. The molecule has 4 nitrogen and oxygen atoms in total. The smallest absolute Gasteiger partial charge is 0.319 e. The summed E-state index contributed by atoms with van der Waals surface area (Å²) in [5.41, 5.74) is 0.696. The molecule has 17 heavy (non-hydrogen) atoms. The van der Waals surface area contributed by atoms with Gasteiger partial charge < -0.3 is 16.0 Å². The minimum atomic E-state index is -0.205. The van der Waals surface area contributed by atoms with E-state index in [1.165, 1.54) is 0 Å². The highest BCUT2D eigenvalue weighted by molar-refractivity contribution is 6.30. The molecule has 0 bridgehead atoms. The second kappa shape index (κ2) is 7.92. The maximum Gasteiger partial charge on any atom is 0.319 e. The van der Waals surface area contributed by atoms with E-state index < -0.39 is 0 Å². The summed E-state index contributed by atoms with van der Waals surface area (Å²) < 4.78 is 0. The number of urea groups is 1. The van der Waals surface area contributed by atoms with E-state index in [2.05, 4.69) is 22.9 Å². The highest BCUT2D eigenvalue weighted by Gasteiger charge is 2.00. The summed E-state index contributed by atoms with van der Waals surface area (Å²) in [6, 6.07) is 6.86. The van der Waals surface area contributed by atoms with Crippen LogP contribution in [-0.2, 0) is 0 Å². The van der Waals surface area contributed by atoms with Gasteiger partial charge >= 0.3 is 6.03 Å². The van der Waals surface area contributed by atoms with Gasteiger partial charge in [0.25, 0.3) is 0 Å². The Balaban J connectivity index is 2.21. The van der Waals surface area contributed by atoms with Crippen LogP contribution in [-0.4, -0.2) is 25.7 Å². The molecule has 0 aliphatic carbocycles. The van der Waals surface area contributed by atoms with E-state index in [4.69, 9.17) is 11.6 Å². The number of amides is 2. The van der Waals surface area contributed by atoms with Gasteiger partial charge in [-0.1, -0.05) is 24.6 Å². The van der Waals surface area contributed by atoms with Crippen LogP contribution in [0.1, 0.15) is 13.3 Å². The van der Waals surface area contributed by atoms with E-state index in [-0.39, 0.29) is 6.03 Å². The molecular formula is C12H18ClN3O. The molecule has 0 radical (unpaired) electrons. The molecule has 0 aromatic heterocycles. The average Bonchev–Trinajstić information content (AvgIpc) is 2.29. The van der Waals surface area contributed by atoms with Crippen molar-refractivity contribution >= 4 is 23.3 Å². The van der Waals surface area contributed by atoms with Crippen molar-refractivity contribution in [3.63, 3.8) is 0 Å². The molecule has 3 N–H and O–H groups in total. The first-order chi connectivity index (χ1) is 8.22. The summed E-state index contributed by atoms with van der Waals surface area (Å²) in [5, 5.41) is 9.29. The standard InChI is InChI=1S/C12H18ClN3O/c1-2-14-7-4-8-15-12(17)16-11-6-3-5-10(13)9-11/h3,5-6,9,14H,2,4,7-8H2,1H3,(H2,15,16,17). The third kappa shape index (κ3) is 6.14. The Hall–Kier alpha value is -1.26. The van der Waals surface area contributed by atoms with Gasteiger partial charge in [-0.3, -0.25) is 0 Å². The number of anilines is 1. The van der Waals surface area contributed by atoms with Crippen molar-refractivity contribution in [2.45, 2.75) is 13.3 Å². The largest absolute Gasteiger partial charge is 0.338 e. The number of nitrogens with one attached hydrogen (secondary N) is 3. The number of benzene rings is 1. The third-order valence-corrected chi connectivity index (χ3v) is 2.38. The zero-order valence-corrected chi connectivity index (χ0v) is 10.7. The molecule has 0 saturated heterocycles. The van der Waals surface area contributed by atoms with Gasteiger partial charge in [0, 0.05) is 17.3 Å². The van der Waals surface area contributed by atoms with Crippen molar-refractivity contribution in [2.24, 2.45) is 0 Å². The van der Waals surface area contributed by atoms with E-state index in [1.54, 1.807) is 24.3 Å². The summed E-state index contributed by atoms with van der Waals surface area (Å²) in [4.78, 5) is 11.5. The molecule has 0 fully saturated rings. The molecule has 0 heterocycles. The van der Waals surface area contributed by atoms with Crippen molar-refractivity contribution in [1.29, 1.82) is 0 Å². The topological polar surface area (TPSA) is 53.2 Å². The number of carbonyl (C=O) groups excluding carboxylic acids is 1. The van der Waals surface area contributed by atoms with E-state index in [0.29, 0.717) is 17.3 Å². The van der Waals surface area contributed by atoms with Crippen LogP contribution in [0.25, 0.3) is 0 Å². The zero-order valence-electron chi connectivity index (χ0n) is 9.92. The average molecular weight is 256 g/mol. The van der Waals surface area contributed by atoms with Crippen LogP contribution in [0.4, 0.5) is 10.5 Å². The van der Waals surface area contributed by atoms with Gasteiger partial charge in [-0.25, -0.2) is 4.79 Å². The molecule has 1 rings (SSSR count). The normalized spacial score (nSPS) is 10.0. The molecule has 0 unspecified atom stereocenters. The number of rotatable bonds is 6. The van der Waals surface area contributed by atoms with Crippen molar-refractivity contribution in [1.82, 2.24) is 10.6 Å². The van der Waals surface area contributed by atoms with Crippen LogP contribution < -0.4 is 16.0 Å². The maximum atomic E-state index is 11.5. The molecule has 0 aliphatic rings. The second-order valence-corrected chi connectivity index (χ2v) is 4.03. The summed E-state index contributed by atoms with van der Waals surface area (Å²) in [6.45, 7) is 4.57. The van der Waals surface area contributed by atoms with Gasteiger partial charge in [-0.2, -0.15) is 0 Å². The van der Waals surface area contributed by atoms with Crippen molar-refractivity contribution < 1.29 is 4.79 Å². The van der Waals surface area contributed by atoms with Crippen LogP contribution in [0, 0.1) is 0 Å². The Kier molecular flexibility index (Phi) is 6.43. The van der Waals surface area contributed by atoms with Crippen LogP contribution >= 0.6 is 11.6 Å². The minimum Gasteiger partial charge on any atom is -0.338 e. The van der Waals surface area contributed by atoms with Gasteiger partial charge in [-0.15, -0.1) is 0 Å². The lowest BCUT2D eigenvalue weighted by molar-refractivity contribution is 0.252. The maximum absolute atomic E-state index is 11.5. The molecule has 1 aromatic rings. The lowest BCUT2D eigenvalue weighted by Gasteiger charge is -2.07. The number of halogens is 1. The highest BCUT2D eigenvalue weighted by Crippen LogP contribution is 2.14. The van der Waals surface area contributed by atoms with Gasteiger partial charge in [0.05, 0.1) is 0 Å². The molecule has 2 amide bonds. The number of hydrogen-bond donors (Lipinski definition) is 3. The van der Waals surface area contributed by atoms with Crippen molar-refractivity contribution in [3.05, 3.63) is 29.3 Å². The zero-order chi connectivity index (χ0) is 12.5.